The molecule has 2 saturated carbocycles. The number of fused-ring (bicyclic) bond motifs is 1. The first-order chi connectivity index (χ1) is 38.4. The molecule has 0 aliphatic heterocycles. The van der Waals surface area contributed by atoms with Crippen LogP contribution in [0.25, 0.3) is 10.2 Å². The Morgan fingerprint density at radius 1 is 0.570 bits per heavy atom. The van der Waals surface area contributed by atoms with Gasteiger partial charge in [-0.2, -0.15) is 5.10 Å². The molecule has 5 aromatic rings. The van der Waals surface area contributed by atoms with E-state index >= 15 is 0 Å². The maximum atomic E-state index is 13.8. The molecule has 2 aliphatic rings. The number of unbranched alkanes of at least 4 members (excludes halogenated alkanes) is 6. The number of para-hydroxylation sites is 1. The lowest BCUT2D eigenvalue weighted by Gasteiger charge is -2.27. The third-order valence-electron chi connectivity index (χ3n) is 14.4. The van der Waals surface area contributed by atoms with Gasteiger partial charge in [0, 0.05) is 49.4 Å². The van der Waals surface area contributed by atoms with E-state index in [1.54, 1.807) is 48.6 Å². The molecule has 1 heterocycles. The SMILES string of the molecule is C=CC(=O)OCCCCCCOc1ccc(CC(=O)[C@H]2CC[C@H](C(=O)Oc3ccc(CC(=O)[C@H]4CC[C@H](C(=O)Oc5ccc(OCCCCCCOC(=O)C=C)cc5)CC4)cc3/C=N/N(C)c3nc4ccccc4s3)CC2)cc1. The number of hydrogen-bond acceptors (Lipinski definition) is 16. The second-order valence-corrected chi connectivity index (χ2v) is 21.2. The summed E-state index contributed by atoms with van der Waals surface area (Å²) in [4.78, 5) is 81.3. The van der Waals surface area contributed by atoms with E-state index in [4.69, 9.17) is 38.5 Å². The number of ketones is 2. The van der Waals surface area contributed by atoms with Crippen LogP contribution in [0.1, 0.15) is 119 Å². The number of benzene rings is 4. The minimum atomic E-state index is -0.407. The van der Waals surface area contributed by atoms with Gasteiger partial charge in [0.1, 0.15) is 34.6 Å². The molecule has 15 nitrogen and oxygen atoms in total. The Labute approximate surface area is 467 Å². The van der Waals surface area contributed by atoms with Gasteiger partial charge in [0.05, 0.1) is 54.7 Å². The van der Waals surface area contributed by atoms with Crippen molar-refractivity contribution in [3.05, 3.63) is 133 Å². The van der Waals surface area contributed by atoms with E-state index in [1.807, 2.05) is 60.7 Å². The molecule has 0 radical (unpaired) electrons. The van der Waals surface area contributed by atoms with Crippen LogP contribution in [0.3, 0.4) is 0 Å². The number of thiazole rings is 1. The van der Waals surface area contributed by atoms with Crippen molar-refractivity contribution in [1.29, 1.82) is 0 Å². The van der Waals surface area contributed by atoms with Crippen LogP contribution < -0.4 is 24.0 Å². The van der Waals surface area contributed by atoms with E-state index < -0.39 is 11.9 Å². The number of rotatable bonds is 31. The minimum Gasteiger partial charge on any atom is -0.494 e. The predicted octanol–water partition coefficient (Wildman–Crippen LogP) is 12.2. The summed E-state index contributed by atoms with van der Waals surface area (Å²) in [5, 5.41) is 7.06. The van der Waals surface area contributed by atoms with Crippen molar-refractivity contribution in [3.8, 4) is 23.0 Å². The van der Waals surface area contributed by atoms with Crippen LogP contribution in [0, 0.1) is 23.7 Å². The minimum absolute atomic E-state index is 0.0783. The topological polar surface area (TPSA) is 186 Å². The molecule has 1 aromatic heterocycles. The van der Waals surface area contributed by atoms with Gasteiger partial charge in [0.25, 0.3) is 0 Å². The Morgan fingerprint density at radius 3 is 1.58 bits per heavy atom. The highest BCUT2D eigenvalue weighted by molar-refractivity contribution is 7.22. The van der Waals surface area contributed by atoms with Crippen molar-refractivity contribution < 1.29 is 57.2 Å². The Morgan fingerprint density at radius 2 is 1.04 bits per heavy atom. The van der Waals surface area contributed by atoms with Crippen LogP contribution in [0.5, 0.6) is 23.0 Å². The molecule has 79 heavy (non-hydrogen) atoms. The number of Topliss-reactive ketones (excluding diaryl/α,β-unsaturated/α-hetero) is 2. The van der Waals surface area contributed by atoms with Gasteiger partial charge in [0.15, 0.2) is 0 Å². The van der Waals surface area contributed by atoms with Crippen LogP contribution in [0.15, 0.2) is 121 Å². The highest BCUT2D eigenvalue weighted by Gasteiger charge is 2.33. The van der Waals surface area contributed by atoms with Crippen molar-refractivity contribution in [2.45, 2.75) is 116 Å². The molecule has 4 aromatic carbocycles. The summed E-state index contributed by atoms with van der Waals surface area (Å²) in [5.74, 6) is -0.0905. The average Bonchev–Trinajstić information content (AvgIpc) is 3.94. The van der Waals surface area contributed by atoms with Gasteiger partial charge >= 0.3 is 23.9 Å². The van der Waals surface area contributed by atoms with Crippen LogP contribution in [0.2, 0.25) is 0 Å². The fourth-order valence-electron chi connectivity index (χ4n) is 9.75. The number of carbonyl (C=O) groups is 6. The molecule has 0 spiro atoms. The van der Waals surface area contributed by atoms with E-state index in [0.717, 1.165) is 84.5 Å². The maximum absolute atomic E-state index is 13.8. The lowest BCUT2D eigenvalue weighted by atomic mass is 9.79. The quantitative estimate of drug-likeness (QED) is 0.0102. The van der Waals surface area contributed by atoms with Crippen molar-refractivity contribution >= 4 is 68.3 Å². The van der Waals surface area contributed by atoms with Crippen molar-refractivity contribution in [1.82, 2.24) is 4.98 Å². The van der Waals surface area contributed by atoms with E-state index in [0.29, 0.717) is 112 Å². The average molecular weight is 1100 g/mol. The molecular formula is C63H73N3O12S. The Bertz CT molecular complexity index is 2830. The number of hydrazone groups is 1. The second-order valence-electron chi connectivity index (χ2n) is 20.2. The number of esters is 4. The van der Waals surface area contributed by atoms with Crippen LogP contribution in [-0.4, -0.2) is 80.1 Å². The van der Waals surface area contributed by atoms with Crippen molar-refractivity contribution in [2.24, 2.45) is 28.8 Å². The van der Waals surface area contributed by atoms with Gasteiger partial charge < -0.3 is 28.4 Å². The summed E-state index contributed by atoms with van der Waals surface area (Å²) in [7, 11) is 1.80. The number of anilines is 1. The molecule has 0 unspecified atom stereocenters. The fraction of sp³-hybridized carbons (Fsp3) is 0.429. The number of carbonyl (C=O) groups excluding carboxylic acids is 6. The normalized spacial score (nSPS) is 17.1. The summed E-state index contributed by atoms with van der Waals surface area (Å²) < 4.78 is 34.6. The molecular weight excluding hydrogens is 1020 g/mol. The lowest BCUT2D eigenvalue weighted by molar-refractivity contribution is -0.141. The molecule has 0 amide bonds. The summed E-state index contributed by atoms with van der Waals surface area (Å²) in [6.07, 6.45) is 16.0. The van der Waals surface area contributed by atoms with Crippen LogP contribution in [-0.2, 0) is 51.1 Å². The number of nitrogens with zero attached hydrogens (tertiary/aromatic N) is 3. The first-order valence-electron chi connectivity index (χ1n) is 27.7. The van der Waals surface area contributed by atoms with E-state index in [2.05, 4.69) is 13.2 Å². The molecule has 0 N–H and O–H groups in total. The highest BCUT2D eigenvalue weighted by Crippen LogP contribution is 2.35. The Kier molecular flexibility index (Phi) is 23.4. The zero-order valence-corrected chi connectivity index (χ0v) is 46.1. The van der Waals surface area contributed by atoms with Gasteiger partial charge in [-0.1, -0.05) is 54.8 Å². The molecule has 2 aliphatic carbocycles. The summed E-state index contributed by atoms with van der Waals surface area (Å²) in [5.41, 5.74) is 3.07. The zero-order chi connectivity index (χ0) is 55.8. The molecule has 418 valence electrons. The smallest absolute Gasteiger partial charge is 0.330 e. The van der Waals surface area contributed by atoms with Gasteiger partial charge in [-0.05, 0) is 175 Å². The van der Waals surface area contributed by atoms with E-state index in [1.165, 1.54) is 17.4 Å². The van der Waals surface area contributed by atoms with Crippen molar-refractivity contribution in [3.63, 3.8) is 0 Å². The maximum Gasteiger partial charge on any atom is 0.330 e. The fourth-order valence-corrected chi connectivity index (χ4v) is 10.6. The molecule has 0 saturated heterocycles. The highest BCUT2D eigenvalue weighted by atomic mass is 32.1. The number of hydrogen-bond donors (Lipinski definition) is 0. The third kappa shape index (κ3) is 19.2. The summed E-state index contributed by atoms with van der Waals surface area (Å²) >= 11 is 1.51. The first-order valence-corrected chi connectivity index (χ1v) is 28.5. The van der Waals surface area contributed by atoms with Crippen LogP contribution in [0.4, 0.5) is 5.13 Å². The third-order valence-corrected chi connectivity index (χ3v) is 15.5. The molecule has 0 bridgehead atoms. The number of aromatic nitrogens is 1. The molecule has 2 fully saturated rings. The van der Waals surface area contributed by atoms with E-state index in [-0.39, 0.29) is 53.6 Å². The van der Waals surface area contributed by atoms with E-state index in [9.17, 15) is 28.8 Å². The zero-order valence-electron chi connectivity index (χ0n) is 45.3. The Balaban J connectivity index is 0.865. The second kappa shape index (κ2) is 31.2. The van der Waals surface area contributed by atoms with Crippen LogP contribution >= 0.6 is 11.3 Å². The first kappa shape index (κ1) is 59.2. The van der Waals surface area contributed by atoms with Gasteiger partial charge in [-0.3, -0.25) is 19.2 Å². The van der Waals surface area contributed by atoms with Gasteiger partial charge in [-0.25, -0.2) is 19.6 Å². The lowest BCUT2D eigenvalue weighted by Crippen LogP contribution is -2.29. The Hall–Kier alpha value is -7.46. The van der Waals surface area contributed by atoms with Gasteiger partial charge in [-0.15, -0.1) is 0 Å². The largest absolute Gasteiger partial charge is 0.494 e. The van der Waals surface area contributed by atoms with Crippen molar-refractivity contribution in [2.75, 3.05) is 38.5 Å². The monoisotopic (exact) mass is 1100 g/mol. The summed E-state index contributed by atoms with van der Waals surface area (Å²) in [6, 6.07) is 27.9. The molecule has 0 atom stereocenters. The summed E-state index contributed by atoms with van der Waals surface area (Å²) in [6.45, 7) is 8.67. The number of ether oxygens (including phenoxy) is 6. The molecule has 16 heteroatoms. The predicted molar refractivity (Wildman–Crippen MR) is 305 cm³/mol. The molecule has 7 rings (SSSR count). The van der Waals surface area contributed by atoms with Gasteiger partial charge in [0.2, 0.25) is 5.13 Å². The standard InChI is InChI=1S/C63H73N3O12S/c1-4-59(69)75-38-14-8-6-12-36-73-51-29-18-44(19-30-51)41-55(67)46-23-27-49(28-24-46)62(72)78-57-35-20-45(40-50(57)43-64-66(3)63-65-54-16-10-11-17-58(54)79-63)42-56(68)47-21-25-48(26-22-47)61(71)77-53-33-31-52(32-34-53)74-37-13-7-9-15-39-76-60(70)5-2/h4-5,10-11,16-20,29-35,40,43,46-49H,1-2,6-9,12-15,21-28,36-39,41-42H2,3H3/b64-43+/t46-,47-,48-,49-.